The van der Waals surface area contributed by atoms with Crippen molar-refractivity contribution >= 4 is 0 Å². The third-order valence-electron chi connectivity index (χ3n) is 1.000. The largest absolute Gasteiger partial charge is 0.103 e. The Kier molecular flexibility index (Phi) is 19.7. The molecule has 62 valence electrons. The van der Waals surface area contributed by atoms with Gasteiger partial charge in [-0.2, -0.15) is 0 Å². The summed E-state index contributed by atoms with van der Waals surface area (Å²) >= 11 is 0. The summed E-state index contributed by atoms with van der Waals surface area (Å²) in [7, 11) is 0. The molecule has 1 aliphatic rings. The van der Waals surface area contributed by atoms with Crippen LogP contribution in [0.5, 0.6) is 0 Å². The lowest BCUT2D eigenvalue weighted by atomic mass is 10.0. The lowest BCUT2D eigenvalue weighted by Gasteiger charge is -2.05. The van der Waals surface area contributed by atoms with E-state index in [-0.39, 0.29) is 0 Å². The number of hydrogen-bond acceptors (Lipinski definition) is 0. The molecule has 0 radical (unpaired) electrons. The van der Waals surface area contributed by atoms with Crippen LogP contribution < -0.4 is 0 Å². The average molecular weight is 142 g/mol. The molecular formula is C10H22. The van der Waals surface area contributed by atoms with Crippen LogP contribution in [-0.4, -0.2) is 0 Å². The van der Waals surface area contributed by atoms with Gasteiger partial charge in [0.25, 0.3) is 0 Å². The molecule has 0 aromatic carbocycles. The molecule has 0 N–H and O–H groups in total. The second-order valence-corrected chi connectivity index (χ2v) is 2.53. The Balaban J connectivity index is 0. The topological polar surface area (TPSA) is 0 Å². The minimum absolute atomic E-state index is 1.25. The van der Waals surface area contributed by atoms with Crippen molar-refractivity contribution in [2.75, 3.05) is 0 Å². The standard InChI is InChI=1S/C4H8.C3H8.C3H6/c1-2-4-3-1;2*1-3-2/h1-4H2;3H2,1-2H3;3H,1H2,2H3. The second-order valence-electron chi connectivity index (χ2n) is 2.53. The summed E-state index contributed by atoms with van der Waals surface area (Å²) in [4.78, 5) is 0. The van der Waals surface area contributed by atoms with Gasteiger partial charge in [-0.05, 0) is 6.92 Å². The van der Waals surface area contributed by atoms with Crippen LogP contribution in [0.3, 0.4) is 0 Å². The molecule has 0 aromatic rings. The van der Waals surface area contributed by atoms with E-state index < -0.39 is 0 Å². The zero-order chi connectivity index (χ0) is 8.24. The van der Waals surface area contributed by atoms with Crippen molar-refractivity contribution in [2.24, 2.45) is 0 Å². The van der Waals surface area contributed by atoms with Crippen LogP contribution in [0.2, 0.25) is 0 Å². The summed E-state index contributed by atoms with van der Waals surface area (Å²) in [6.07, 6.45) is 9.00. The van der Waals surface area contributed by atoms with Gasteiger partial charge in [-0.25, -0.2) is 0 Å². The molecule has 0 unspecified atom stereocenters. The number of hydrogen-bond donors (Lipinski definition) is 0. The van der Waals surface area contributed by atoms with Gasteiger partial charge in [0.15, 0.2) is 0 Å². The van der Waals surface area contributed by atoms with Crippen molar-refractivity contribution in [3.05, 3.63) is 12.7 Å². The van der Waals surface area contributed by atoms with E-state index in [4.69, 9.17) is 0 Å². The fourth-order valence-corrected chi connectivity index (χ4v) is 0.250. The molecular weight excluding hydrogens is 120 g/mol. The Morgan fingerprint density at radius 2 is 1.20 bits per heavy atom. The van der Waals surface area contributed by atoms with Crippen LogP contribution in [-0.2, 0) is 0 Å². The van der Waals surface area contributed by atoms with E-state index >= 15 is 0 Å². The second kappa shape index (κ2) is 15.9. The molecule has 1 rings (SSSR count). The molecule has 0 aromatic heterocycles. The molecule has 1 aliphatic carbocycles. The maximum atomic E-state index is 3.36. The normalized spacial score (nSPS) is 12.7. The first-order valence-corrected chi connectivity index (χ1v) is 4.40. The van der Waals surface area contributed by atoms with Gasteiger partial charge in [-0.3, -0.25) is 0 Å². The highest BCUT2D eigenvalue weighted by Crippen LogP contribution is 2.15. The Morgan fingerprint density at radius 3 is 1.20 bits per heavy atom. The predicted octanol–water partition coefficient (Wildman–Crippen LogP) is 4.17. The third kappa shape index (κ3) is 25.1. The maximum absolute atomic E-state index is 3.36. The maximum Gasteiger partial charge on any atom is -0.0473 e. The van der Waals surface area contributed by atoms with E-state index in [2.05, 4.69) is 20.4 Å². The number of rotatable bonds is 0. The van der Waals surface area contributed by atoms with Crippen molar-refractivity contribution < 1.29 is 0 Å². The van der Waals surface area contributed by atoms with Crippen molar-refractivity contribution in [3.63, 3.8) is 0 Å². The Bertz CT molecular complexity index is 38.0. The smallest absolute Gasteiger partial charge is 0.0473 e. The summed E-state index contributed by atoms with van der Waals surface area (Å²) in [5.74, 6) is 0. The molecule has 0 bridgehead atoms. The molecule has 0 heterocycles. The van der Waals surface area contributed by atoms with Crippen LogP contribution >= 0.6 is 0 Å². The van der Waals surface area contributed by atoms with Crippen LogP contribution in [0.4, 0.5) is 0 Å². The van der Waals surface area contributed by atoms with E-state index in [0.717, 1.165) is 0 Å². The zero-order valence-electron chi connectivity index (χ0n) is 7.82. The fourth-order valence-electron chi connectivity index (χ4n) is 0.250. The summed E-state index contributed by atoms with van der Waals surface area (Å²) in [6, 6.07) is 0. The summed E-state index contributed by atoms with van der Waals surface area (Å²) in [6.45, 7) is 9.50. The molecule has 0 amide bonds. The molecule has 0 heteroatoms. The molecule has 1 saturated carbocycles. The molecule has 0 aliphatic heterocycles. The number of allylic oxidation sites excluding steroid dienone is 1. The minimum atomic E-state index is 1.25. The van der Waals surface area contributed by atoms with Gasteiger partial charge in [-0.15, -0.1) is 6.58 Å². The Labute approximate surface area is 66.3 Å². The van der Waals surface area contributed by atoms with Gasteiger partial charge in [0.2, 0.25) is 0 Å². The van der Waals surface area contributed by atoms with E-state index in [1.54, 1.807) is 6.08 Å². The highest BCUT2D eigenvalue weighted by Gasteiger charge is 1.95. The van der Waals surface area contributed by atoms with Crippen molar-refractivity contribution in [1.82, 2.24) is 0 Å². The zero-order valence-corrected chi connectivity index (χ0v) is 7.82. The van der Waals surface area contributed by atoms with Crippen LogP contribution in [0.1, 0.15) is 52.9 Å². The summed E-state index contributed by atoms with van der Waals surface area (Å²) < 4.78 is 0. The molecule has 10 heavy (non-hydrogen) atoms. The van der Waals surface area contributed by atoms with E-state index in [1.165, 1.54) is 32.1 Å². The first-order valence-electron chi connectivity index (χ1n) is 4.40. The summed E-state index contributed by atoms with van der Waals surface area (Å²) in [5, 5.41) is 0. The molecule has 0 nitrogen and oxygen atoms in total. The van der Waals surface area contributed by atoms with Crippen LogP contribution in [0, 0.1) is 0 Å². The average Bonchev–Trinajstić information content (AvgIpc) is 1.62. The van der Waals surface area contributed by atoms with Crippen molar-refractivity contribution in [3.8, 4) is 0 Å². The molecule has 1 fully saturated rings. The van der Waals surface area contributed by atoms with Gasteiger partial charge in [0, 0.05) is 0 Å². The van der Waals surface area contributed by atoms with Gasteiger partial charge in [0.1, 0.15) is 0 Å². The van der Waals surface area contributed by atoms with Gasteiger partial charge in [-0.1, -0.05) is 52.0 Å². The quantitative estimate of drug-likeness (QED) is 0.445. The SMILES string of the molecule is C1CCC1.C=CC.CCC. The first-order chi connectivity index (χ1) is 4.83. The Morgan fingerprint density at radius 1 is 1.10 bits per heavy atom. The first kappa shape index (κ1) is 12.4. The van der Waals surface area contributed by atoms with E-state index in [0.29, 0.717) is 0 Å². The highest BCUT2D eigenvalue weighted by molar-refractivity contribution is 4.51. The van der Waals surface area contributed by atoms with Crippen LogP contribution in [0.25, 0.3) is 0 Å². The molecule has 0 atom stereocenters. The molecule has 0 saturated heterocycles. The monoisotopic (exact) mass is 142 g/mol. The molecule has 0 spiro atoms. The fraction of sp³-hybridized carbons (Fsp3) is 0.800. The predicted molar refractivity (Wildman–Crippen MR) is 50.3 cm³/mol. The van der Waals surface area contributed by atoms with Crippen molar-refractivity contribution in [1.29, 1.82) is 0 Å². The van der Waals surface area contributed by atoms with Crippen molar-refractivity contribution in [2.45, 2.75) is 52.9 Å². The van der Waals surface area contributed by atoms with Gasteiger partial charge < -0.3 is 0 Å². The lowest BCUT2D eigenvalue weighted by Crippen LogP contribution is -1.85. The highest BCUT2D eigenvalue weighted by atomic mass is 14.0. The van der Waals surface area contributed by atoms with E-state index in [9.17, 15) is 0 Å². The minimum Gasteiger partial charge on any atom is -0.103 e. The van der Waals surface area contributed by atoms with Crippen LogP contribution in [0.15, 0.2) is 12.7 Å². The van der Waals surface area contributed by atoms with Gasteiger partial charge >= 0.3 is 0 Å². The Hall–Kier alpha value is -0.260. The lowest BCUT2D eigenvalue weighted by molar-refractivity contribution is 0.504. The third-order valence-corrected chi connectivity index (χ3v) is 1.000. The summed E-state index contributed by atoms with van der Waals surface area (Å²) in [5.41, 5.74) is 0. The van der Waals surface area contributed by atoms with Gasteiger partial charge in [0.05, 0.1) is 0 Å². The van der Waals surface area contributed by atoms with E-state index in [1.807, 2.05) is 6.92 Å².